The molecule has 1 fully saturated rings. The third kappa shape index (κ3) is 4.53. The summed E-state index contributed by atoms with van der Waals surface area (Å²) in [6, 6.07) is 13.3. The number of aryl methyl sites for hydroxylation is 1. The molecule has 2 atom stereocenters. The van der Waals surface area contributed by atoms with Crippen molar-refractivity contribution < 1.29 is 4.79 Å². The molecule has 30 heavy (non-hydrogen) atoms. The Bertz CT molecular complexity index is 1040. The van der Waals surface area contributed by atoms with Crippen LogP contribution in [-0.4, -0.2) is 28.3 Å². The van der Waals surface area contributed by atoms with Gasteiger partial charge in [0, 0.05) is 24.8 Å². The number of rotatable bonds is 5. The molecule has 0 bridgehead atoms. The fourth-order valence-corrected chi connectivity index (χ4v) is 4.35. The van der Waals surface area contributed by atoms with Crippen LogP contribution < -0.4 is 10.6 Å². The smallest absolute Gasteiger partial charge is 0.253 e. The van der Waals surface area contributed by atoms with E-state index < -0.39 is 0 Å². The minimum Gasteiger partial charge on any atom is -0.344 e. The summed E-state index contributed by atoms with van der Waals surface area (Å²) < 4.78 is 1.78. The summed E-state index contributed by atoms with van der Waals surface area (Å²) in [6.07, 6.45) is 7.09. The summed E-state index contributed by atoms with van der Waals surface area (Å²) in [5.41, 5.74) is 3.53. The van der Waals surface area contributed by atoms with Crippen LogP contribution >= 0.6 is 23.2 Å². The van der Waals surface area contributed by atoms with E-state index in [0.29, 0.717) is 10.6 Å². The lowest BCUT2D eigenvalue weighted by Crippen LogP contribution is -2.46. The van der Waals surface area contributed by atoms with Crippen molar-refractivity contribution in [2.45, 2.75) is 31.3 Å². The summed E-state index contributed by atoms with van der Waals surface area (Å²) in [5, 5.41) is 11.7. The van der Waals surface area contributed by atoms with Crippen LogP contribution in [0.25, 0.3) is 11.1 Å². The van der Waals surface area contributed by atoms with Crippen molar-refractivity contribution >= 4 is 29.1 Å². The quantitative estimate of drug-likeness (QED) is 0.583. The van der Waals surface area contributed by atoms with E-state index in [1.165, 1.54) is 0 Å². The summed E-state index contributed by atoms with van der Waals surface area (Å²) in [4.78, 5) is 13.1. The highest BCUT2D eigenvalue weighted by molar-refractivity contribution is 6.43. The molecule has 1 aromatic heterocycles. The Morgan fingerprint density at radius 1 is 1.20 bits per heavy atom. The van der Waals surface area contributed by atoms with Crippen LogP contribution in [0.4, 0.5) is 0 Å². The maximum atomic E-state index is 13.1. The molecule has 0 unspecified atom stereocenters. The number of piperidine rings is 1. The van der Waals surface area contributed by atoms with E-state index in [0.717, 1.165) is 42.5 Å². The Kier molecular flexibility index (Phi) is 6.42. The first-order valence-electron chi connectivity index (χ1n) is 10.1. The zero-order valence-corrected chi connectivity index (χ0v) is 18.2. The number of benzene rings is 2. The third-order valence-electron chi connectivity index (χ3n) is 5.52. The second kappa shape index (κ2) is 9.21. The van der Waals surface area contributed by atoms with Crippen molar-refractivity contribution in [3.05, 3.63) is 76.0 Å². The van der Waals surface area contributed by atoms with Gasteiger partial charge in [0.25, 0.3) is 5.91 Å². The number of halogens is 2. The molecule has 7 heteroatoms. The molecule has 4 rings (SSSR count). The first-order valence-corrected chi connectivity index (χ1v) is 10.9. The number of hydrogen-bond acceptors (Lipinski definition) is 3. The fourth-order valence-electron chi connectivity index (χ4n) is 3.96. The number of hydrogen-bond donors (Lipinski definition) is 2. The standard InChI is InChI=1S/C23H24Cl2N4O/c1-29-14-17(13-27-29)15-6-4-7-16(12-15)22(20-10-2-3-11-26-20)28-23(30)18-8-5-9-19(24)21(18)25/h4-9,12-14,20,22,26H,2-3,10-11H2,1H3,(H,28,30)/t20-,22-/m0/s1. The van der Waals surface area contributed by atoms with Crippen LogP contribution in [0, 0.1) is 0 Å². The maximum absolute atomic E-state index is 13.1. The highest BCUT2D eigenvalue weighted by Gasteiger charge is 2.28. The van der Waals surface area contributed by atoms with E-state index in [4.69, 9.17) is 23.2 Å². The molecule has 156 valence electrons. The lowest BCUT2D eigenvalue weighted by atomic mass is 9.91. The number of carbonyl (C=O) groups is 1. The van der Waals surface area contributed by atoms with Crippen molar-refractivity contribution in [1.82, 2.24) is 20.4 Å². The van der Waals surface area contributed by atoms with Gasteiger partial charge >= 0.3 is 0 Å². The topological polar surface area (TPSA) is 59.0 Å². The Hall–Kier alpha value is -2.34. The fraction of sp³-hybridized carbons (Fsp3) is 0.304. The van der Waals surface area contributed by atoms with Crippen LogP contribution in [0.2, 0.25) is 10.0 Å². The largest absolute Gasteiger partial charge is 0.344 e. The molecule has 5 nitrogen and oxygen atoms in total. The molecule has 0 spiro atoms. The SMILES string of the molecule is Cn1cc(-c2cccc([C@H](NC(=O)c3cccc(Cl)c3Cl)[C@@H]3CCCCN3)c2)cn1. The van der Waals surface area contributed by atoms with Gasteiger partial charge in [0.1, 0.15) is 0 Å². The van der Waals surface area contributed by atoms with E-state index in [-0.39, 0.29) is 23.0 Å². The van der Waals surface area contributed by atoms with Gasteiger partial charge < -0.3 is 10.6 Å². The predicted octanol–water partition coefficient (Wildman–Crippen LogP) is 5.01. The molecule has 3 aromatic rings. The van der Waals surface area contributed by atoms with E-state index in [1.807, 2.05) is 25.5 Å². The van der Waals surface area contributed by atoms with Gasteiger partial charge in [0.05, 0.1) is 27.8 Å². The van der Waals surface area contributed by atoms with Gasteiger partial charge in [-0.3, -0.25) is 9.48 Å². The zero-order valence-electron chi connectivity index (χ0n) is 16.7. The molecule has 0 radical (unpaired) electrons. The number of nitrogens with zero attached hydrogens (tertiary/aromatic N) is 2. The van der Waals surface area contributed by atoms with Gasteiger partial charge in [-0.05, 0) is 48.7 Å². The van der Waals surface area contributed by atoms with E-state index >= 15 is 0 Å². The summed E-state index contributed by atoms with van der Waals surface area (Å²) in [7, 11) is 1.90. The molecule has 2 N–H and O–H groups in total. The molecule has 1 saturated heterocycles. The summed E-state index contributed by atoms with van der Waals surface area (Å²) >= 11 is 12.4. The van der Waals surface area contributed by atoms with Crippen LogP contribution in [0.3, 0.4) is 0 Å². The van der Waals surface area contributed by atoms with Crippen LogP contribution in [0.15, 0.2) is 54.9 Å². The van der Waals surface area contributed by atoms with Crippen molar-refractivity contribution in [3.63, 3.8) is 0 Å². The Morgan fingerprint density at radius 2 is 2.03 bits per heavy atom. The minimum absolute atomic E-state index is 0.143. The van der Waals surface area contributed by atoms with Gasteiger partial charge in [-0.25, -0.2) is 0 Å². The van der Waals surface area contributed by atoms with Gasteiger partial charge in [0.2, 0.25) is 0 Å². The minimum atomic E-state index is -0.230. The van der Waals surface area contributed by atoms with Gasteiger partial charge in [-0.15, -0.1) is 0 Å². The molecule has 1 amide bonds. The molecule has 1 aliphatic rings. The number of carbonyl (C=O) groups excluding carboxylic acids is 1. The second-order valence-electron chi connectivity index (χ2n) is 7.64. The summed E-state index contributed by atoms with van der Waals surface area (Å²) in [6.45, 7) is 0.942. The lowest BCUT2D eigenvalue weighted by molar-refractivity contribution is 0.0923. The maximum Gasteiger partial charge on any atom is 0.253 e. The number of nitrogens with one attached hydrogen (secondary N) is 2. The molecule has 0 saturated carbocycles. The number of amides is 1. The van der Waals surface area contributed by atoms with Crippen LogP contribution in [-0.2, 0) is 7.05 Å². The lowest BCUT2D eigenvalue weighted by Gasteiger charge is -2.32. The summed E-state index contributed by atoms with van der Waals surface area (Å²) in [5.74, 6) is -0.230. The van der Waals surface area contributed by atoms with Gasteiger partial charge in [-0.1, -0.05) is 53.9 Å². The Morgan fingerprint density at radius 3 is 2.77 bits per heavy atom. The number of aromatic nitrogens is 2. The first kappa shape index (κ1) is 20.9. The van der Waals surface area contributed by atoms with Crippen molar-refractivity contribution in [1.29, 1.82) is 0 Å². The van der Waals surface area contributed by atoms with E-state index in [2.05, 4.69) is 33.9 Å². The molecular weight excluding hydrogens is 419 g/mol. The van der Waals surface area contributed by atoms with Crippen LogP contribution in [0.1, 0.15) is 41.2 Å². The zero-order chi connectivity index (χ0) is 21.1. The van der Waals surface area contributed by atoms with Gasteiger partial charge in [-0.2, -0.15) is 5.10 Å². The monoisotopic (exact) mass is 442 g/mol. The predicted molar refractivity (Wildman–Crippen MR) is 121 cm³/mol. The van der Waals surface area contributed by atoms with Gasteiger partial charge in [0.15, 0.2) is 0 Å². The highest BCUT2D eigenvalue weighted by atomic mass is 35.5. The molecular formula is C23H24Cl2N4O. The molecule has 2 aromatic carbocycles. The van der Waals surface area contributed by atoms with Crippen LogP contribution in [0.5, 0.6) is 0 Å². The third-order valence-corrected chi connectivity index (χ3v) is 6.34. The highest BCUT2D eigenvalue weighted by Crippen LogP contribution is 2.30. The van der Waals surface area contributed by atoms with Crippen molar-refractivity contribution in [2.24, 2.45) is 7.05 Å². The average molecular weight is 443 g/mol. The molecule has 2 heterocycles. The van der Waals surface area contributed by atoms with Crippen molar-refractivity contribution in [3.8, 4) is 11.1 Å². The Labute approximate surface area is 186 Å². The first-order chi connectivity index (χ1) is 14.5. The van der Waals surface area contributed by atoms with E-state index in [9.17, 15) is 4.79 Å². The van der Waals surface area contributed by atoms with E-state index in [1.54, 1.807) is 22.9 Å². The molecule has 1 aliphatic heterocycles. The average Bonchev–Trinajstić information content (AvgIpc) is 3.21. The van der Waals surface area contributed by atoms with Crippen molar-refractivity contribution in [2.75, 3.05) is 6.54 Å². The second-order valence-corrected chi connectivity index (χ2v) is 8.42. The Balaban J connectivity index is 1.66. The normalized spacial score (nSPS) is 17.5. The molecule has 0 aliphatic carbocycles.